The number of ether oxygens (including phenoxy) is 2. The molecule has 0 radical (unpaired) electrons. The average molecular weight is 327 g/mol. The molecule has 0 fully saturated rings. The van der Waals surface area contributed by atoms with Crippen LogP contribution >= 0.6 is 11.3 Å². The fourth-order valence-corrected chi connectivity index (χ4v) is 3.18. The van der Waals surface area contributed by atoms with E-state index in [0.717, 1.165) is 5.69 Å². The molecule has 1 N–H and O–H groups in total. The van der Waals surface area contributed by atoms with E-state index in [2.05, 4.69) is 10.4 Å². The number of thiophene rings is 1. The van der Waals surface area contributed by atoms with Gasteiger partial charge in [-0.15, -0.1) is 11.3 Å². The summed E-state index contributed by atoms with van der Waals surface area (Å²) in [7, 11) is 0. The molecule has 1 aliphatic rings. The summed E-state index contributed by atoms with van der Waals surface area (Å²) >= 11 is 1.32. The van der Waals surface area contributed by atoms with Gasteiger partial charge in [-0.1, -0.05) is 6.07 Å². The normalized spacial score (nSPS) is 12.9. The molecular weight excluding hydrogens is 314 g/mol. The zero-order chi connectivity index (χ0) is 15.6. The SMILES string of the molecule is O=C(Nc1cccc(-n2cccn2)c1)c1scc2c1OCCO2. The van der Waals surface area contributed by atoms with E-state index in [1.807, 2.05) is 36.5 Å². The molecule has 0 saturated heterocycles. The number of hydrogen-bond donors (Lipinski definition) is 1. The van der Waals surface area contributed by atoms with Crippen LogP contribution in [0.4, 0.5) is 5.69 Å². The first kappa shape index (κ1) is 13.8. The van der Waals surface area contributed by atoms with Gasteiger partial charge in [-0.2, -0.15) is 5.10 Å². The number of hydrogen-bond acceptors (Lipinski definition) is 5. The Morgan fingerprint density at radius 2 is 2.17 bits per heavy atom. The van der Waals surface area contributed by atoms with Crippen LogP contribution in [-0.2, 0) is 0 Å². The number of nitrogens with one attached hydrogen (secondary N) is 1. The predicted molar refractivity (Wildman–Crippen MR) is 86.8 cm³/mol. The number of aromatic nitrogens is 2. The maximum absolute atomic E-state index is 12.5. The molecule has 7 heteroatoms. The van der Waals surface area contributed by atoms with Crippen molar-refractivity contribution < 1.29 is 14.3 Å². The zero-order valence-electron chi connectivity index (χ0n) is 12.1. The van der Waals surface area contributed by atoms with Gasteiger partial charge in [0.15, 0.2) is 11.5 Å². The summed E-state index contributed by atoms with van der Waals surface area (Å²) in [4.78, 5) is 13.0. The lowest BCUT2D eigenvalue weighted by molar-refractivity contribution is 0.102. The Labute approximate surface area is 136 Å². The number of rotatable bonds is 3. The molecule has 1 aliphatic heterocycles. The van der Waals surface area contributed by atoms with Gasteiger partial charge < -0.3 is 14.8 Å². The van der Waals surface area contributed by atoms with Gasteiger partial charge in [-0.25, -0.2) is 4.68 Å². The van der Waals surface area contributed by atoms with E-state index in [1.165, 1.54) is 11.3 Å². The van der Waals surface area contributed by atoms with E-state index in [4.69, 9.17) is 9.47 Å². The number of carbonyl (C=O) groups excluding carboxylic acids is 1. The first-order chi connectivity index (χ1) is 11.3. The Morgan fingerprint density at radius 3 is 3.04 bits per heavy atom. The summed E-state index contributed by atoms with van der Waals surface area (Å²) in [5.74, 6) is 0.957. The van der Waals surface area contributed by atoms with E-state index in [1.54, 1.807) is 16.3 Å². The quantitative estimate of drug-likeness (QED) is 0.803. The van der Waals surface area contributed by atoms with Crippen LogP contribution in [0.15, 0.2) is 48.1 Å². The molecule has 6 nitrogen and oxygen atoms in total. The lowest BCUT2D eigenvalue weighted by Crippen LogP contribution is -2.17. The minimum Gasteiger partial charge on any atom is -0.485 e. The smallest absolute Gasteiger partial charge is 0.269 e. The molecule has 4 rings (SSSR count). The third-order valence-corrected chi connectivity index (χ3v) is 4.32. The predicted octanol–water partition coefficient (Wildman–Crippen LogP) is 2.96. The molecule has 0 bridgehead atoms. The van der Waals surface area contributed by atoms with Gasteiger partial charge in [0.25, 0.3) is 5.91 Å². The van der Waals surface area contributed by atoms with Crippen LogP contribution in [0.3, 0.4) is 0 Å². The average Bonchev–Trinajstić information content (AvgIpc) is 3.25. The standard InChI is InChI=1S/C16H13N3O3S/c20-16(15-14-13(10-23-15)21-7-8-22-14)18-11-3-1-4-12(9-11)19-6-2-5-17-19/h1-6,9-10H,7-8H2,(H,18,20). The first-order valence-electron chi connectivity index (χ1n) is 7.10. The van der Waals surface area contributed by atoms with Crippen LogP contribution in [0.5, 0.6) is 11.5 Å². The van der Waals surface area contributed by atoms with Crippen LogP contribution in [-0.4, -0.2) is 28.9 Å². The van der Waals surface area contributed by atoms with Crippen LogP contribution in [0.25, 0.3) is 5.69 Å². The number of amides is 1. The van der Waals surface area contributed by atoms with Gasteiger partial charge in [0.2, 0.25) is 0 Å². The van der Waals surface area contributed by atoms with Crippen LogP contribution in [0, 0.1) is 0 Å². The van der Waals surface area contributed by atoms with Crippen molar-refractivity contribution in [3.05, 3.63) is 53.0 Å². The zero-order valence-corrected chi connectivity index (χ0v) is 12.9. The van der Waals surface area contributed by atoms with E-state index < -0.39 is 0 Å². The monoisotopic (exact) mass is 327 g/mol. The molecule has 23 heavy (non-hydrogen) atoms. The second-order valence-electron chi connectivity index (χ2n) is 4.91. The Bertz CT molecular complexity index is 842. The summed E-state index contributed by atoms with van der Waals surface area (Å²) in [5, 5.41) is 8.87. The van der Waals surface area contributed by atoms with E-state index >= 15 is 0 Å². The first-order valence-corrected chi connectivity index (χ1v) is 7.98. The van der Waals surface area contributed by atoms with Crippen molar-refractivity contribution in [1.82, 2.24) is 9.78 Å². The molecule has 0 unspecified atom stereocenters. The van der Waals surface area contributed by atoms with E-state index in [9.17, 15) is 4.79 Å². The molecular formula is C16H13N3O3S. The molecule has 0 atom stereocenters. The summed E-state index contributed by atoms with van der Waals surface area (Å²) in [6, 6.07) is 9.34. The highest BCUT2D eigenvalue weighted by molar-refractivity contribution is 7.13. The fourth-order valence-electron chi connectivity index (χ4n) is 2.36. The van der Waals surface area contributed by atoms with Gasteiger partial charge in [-0.3, -0.25) is 4.79 Å². The van der Waals surface area contributed by atoms with Crippen molar-refractivity contribution in [3.8, 4) is 17.2 Å². The highest BCUT2D eigenvalue weighted by Crippen LogP contribution is 2.39. The summed E-state index contributed by atoms with van der Waals surface area (Å²) in [5.41, 5.74) is 1.57. The van der Waals surface area contributed by atoms with Crippen molar-refractivity contribution in [2.75, 3.05) is 18.5 Å². The third-order valence-electron chi connectivity index (χ3n) is 3.38. The van der Waals surface area contributed by atoms with Gasteiger partial charge in [0.05, 0.1) is 5.69 Å². The second-order valence-corrected chi connectivity index (χ2v) is 5.79. The third kappa shape index (κ3) is 2.66. The molecule has 3 heterocycles. The second kappa shape index (κ2) is 5.77. The Hall–Kier alpha value is -2.80. The number of anilines is 1. The summed E-state index contributed by atoms with van der Waals surface area (Å²) in [6.45, 7) is 0.968. The van der Waals surface area contributed by atoms with Gasteiger partial charge >= 0.3 is 0 Å². The topological polar surface area (TPSA) is 65.4 Å². The van der Waals surface area contributed by atoms with Crippen LogP contribution < -0.4 is 14.8 Å². The molecule has 1 amide bonds. The van der Waals surface area contributed by atoms with Crippen LogP contribution in [0.1, 0.15) is 9.67 Å². The van der Waals surface area contributed by atoms with Crippen molar-refractivity contribution in [2.24, 2.45) is 0 Å². The highest BCUT2D eigenvalue weighted by Gasteiger charge is 2.23. The number of fused-ring (bicyclic) bond motifs is 1. The van der Waals surface area contributed by atoms with Crippen LogP contribution in [0.2, 0.25) is 0 Å². The van der Waals surface area contributed by atoms with Gasteiger partial charge in [0, 0.05) is 23.5 Å². The van der Waals surface area contributed by atoms with Crippen molar-refractivity contribution >= 4 is 22.9 Å². The summed E-state index contributed by atoms with van der Waals surface area (Å²) in [6.07, 6.45) is 3.56. The number of nitrogens with zero attached hydrogens (tertiary/aromatic N) is 2. The molecule has 0 spiro atoms. The molecule has 1 aromatic carbocycles. The summed E-state index contributed by atoms with van der Waals surface area (Å²) < 4.78 is 12.7. The van der Waals surface area contributed by atoms with Gasteiger partial charge in [0.1, 0.15) is 18.1 Å². The molecule has 3 aromatic rings. The minimum atomic E-state index is -0.209. The maximum atomic E-state index is 12.5. The Kier molecular flexibility index (Phi) is 3.47. The highest BCUT2D eigenvalue weighted by atomic mass is 32.1. The maximum Gasteiger partial charge on any atom is 0.269 e. The fraction of sp³-hybridized carbons (Fsp3) is 0.125. The van der Waals surface area contributed by atoms with Crippen molar-refractivity contribution in [1.29, 1.82) is 0 Å². The molecule has 116 valence electrons. The van der Waals surface area contributed by atoms with E-state index in [-0.39, 0.29) is 5.91 Å². The lowest BCUT2D eigenvalue weighted by atomic mass is 10.2. The lowest BCUT2D eigenvalue weighted by Gasteiger charge is -2.15. The largest absolute Gasteiger partial charge is 0.485 e. The van der Waals surface area contributed by atoms with E-state index in [0.29, 0.717) is 35.3 Å². The number of carbonyl (C=O) groups is 1. The van der Waals surface area contributed by atoms with Crippen molar-refractivity contribution in [2.45, 2.75) is 0 Å². The number of benzene rings is 1. The van der Waals surface area contributed by atoms with Crippen molar-refractivity contribution in [3.63, 3.8) is 0 Å². The molecule has 0 aliphatic carbocycles. The molecule has 2 aromatic heterocycles. The Morgan fingerprint density at radius 1 is 1.26 bits per heavy atom. The van der Waals surface area contributed by atoms with Gasteiger partial charge in [-0.05, 0) is 24.3 Å². The molecule has 0 saturated carbocycles. The Balaban J connectivity index is 1.57. The minimum absolute atomic E-state index is 0.209.